The molecule has 0 aliphatic heterocycles. The predicted molar refractivity (Wildman–Crippen MR) is 72.7 cm³/mol. The first-order chi connectivity index (χ1) is 8.56. The molecule has 1 fully saturated rings. The van der Waals surface area contributed by atoms with E-state index in [9.17, 15) is 4.79 Å². The van der Waals surface area contributed by atoms with Crippen molar-refractivity contribution in [2.75, 3.05) is 0 Å². The Labute approximate surface area is 113 Å². The zero-order chi connectivity index (χ0) is 13.1. The van der Waals surface area contributed by atoms with Gasteiger partial charge in [0.15, 0.2) is 0 Å². The predicted octanol–water partition coefficient (Wildman–Crippen LogP) is 3.29. The van der Waals surface area contributed by atoms with Crippen molar-refractivity contribution in [3.8, 4) is 0 Å². The van der Waals surface area contributed by atoms with Crippen molar-refractivity contribution in [3.05, 3.63) is 29.0 Å². The van der Waals surface area contributed by atoms with Crippen LogP contribution in [0.1, 0.15) is 43.6 Å². The van der Waals surface area contributed by atoms with E-state index in [1.54, 1.807) is 18.2 Å². The van der Waals surface area contributed by atoms with Gasteiger partial charge in [-0.05, 0) is 43.2 Å². The number of nitrogens with zero attached hydrogens (tertiary/aromatic N) is 1. The zero-order valence-electron chi connectivity index (χ0n) is 10.8. The highest BCUT2D eigenvalue weighted by molar-refractivity contribution is 6.29. The minimum Gasteiger partial charge on any atom is -0.348 e. The number of carbonyl (C=O) groups is 1. The smallest absolute Gasteiger partial charge is 0.270 e. The molecule has 1 aliphatic carbocycles. The highest BCUT2D eigenvalue weighted by Crippen LogP contribution is 2.28. The molecule has 3 nitrogen and oxygen atoms in total. The summed E-state index contributed by atoms with van der Waals surface area (Å²) in [6, 6.07) is 5.37. The molecule has 1 aromatic rings. The van der Waals surface area contributed by atoms with E-state index in [1.807, 2.05) is 0 Å². The number of aromatic nitrogens is 1. The molecule has 3 unspecified atom stereocenters. The summed E-state index contributed by atoms with van der Waals surface area (Å²) in [6.45, 7) is 4.47. The molecule has 0 aromatic carbocycles. The van der Waals surface area contributed by atoms with E-state index in [0.29, 0.717) is 16.8 Å². The minimum absolute atomic E-state index is 0.121. The highest BCUT2D eigenvalue weighted by atomic mass is 35.5. The standard InChI is InChI=1S/C14H19ClN2O/c1-9-6-7-11(10(2)8-9)17-14(18)12-4-3-5-13(15)16-12/h3-5,9-11H,6-8H2,1-2H3,(H,17,18). The number of hydrogen-bond donors (Lipinski definition) is 1. The molecular formula is C14H19ClN2O. The number of carbonyl (C=O) groups excluding carboxylic acids is 1. The number of amides is 1. The first-order valence-electron chi connectivity index (χ1n) is 6.49. The molecule has 3 atom stereocenters. The van der Waals surface area contributed by atoms with E-state index in [4.69, 9.17) is 11.6 Å². The largest absolute Gasteiger partial charge is 0.348 e. The van der Waals surface area contributed by atoms with Crippen LogP contribution in [-0.4, -0.2) is 16.9 Å². The van der Waals surface area contributed by atoms with Gasteiger partial charge in [0.2, 0.25) is 0 Å². The molecular weight excluding hydrogens is 248 g/mol. The quantitative estimate of drug-likeness (QED) is 0.835. The van der Waals surface area contributed by atoms with Crippen LogP contribution < -0.4 is 5.32 Å². The van der Waals surface area contributed by atoms with Gasteiger partial charge in [-0.25, -0.2) is 4.98 Å². The summed E-state index contributed by atoms with van der Waals surface area (Å²) in [5.41, 5.74) is 0.397. The van der Waals surface area contributed by atoms with Gasteiger partial charge in [0.1, 0.15) is 10.8 Å². The van der Waals surface area contributed by atoms with Crippen molar-refractivity contribution in [3.63, 3.8) is 0 Å². The van der Waals surface area contributed by atoms with Crippen molar-refractivity contribution < 1.29 is 4.79 Å². The number of rotatable bonds is 2. The molecule has 1 aromatic heterocycles. The minimum atomic E-state index is -0.121. The summed E-state index contributed by atoms with van der Waals surface area (Å²) in [5.74, 6) is 1.17. The van der Waals surface area contributed by atoms with Crippen molar-refractivity contribution in [2.24, 2.45) is 11.8 Å². The molecule has 0 bridgehead atoms. The molecule has 1 heterocycles. The topological polar surface area (TPSA) is 42.0 Å². The number of halogens is 1. The van der Waals surface area contributed by atoms with Gasteiger partial charge in [-0.1, -0.05) is 31.5 Å². The molecule has 1 N–H and O–H groups in total. The van der Waals surface area contributed by atoms with Crippen LogP contribution in [0.5, 0.6) is 0 Å². The average molecular weight is 267 g/mol. The lowest BCUT2D eigenvalue weighted by molar-refractivity contribution is 0.0894. The fraction of sp³-hybridized carbons (Fsp3) is 0.571. The third-order valence-electron chi connectivity index (χ3n) is 3.70. The maximum absolute atomic E-state index is 12.1. The van der Waals surface area contributed by atoms with E-state index in [2.05, 4.69) is 24.1 Å². The molecule has 0 spiro atoms. The van der Waals surface area contributed by atoms with Crippen LogP contribution in [-0.2, 0) is 0 Å². The van der Waals surface area contributed by atoms with Crippen LogP contribution in [0.15, 0.2) is 18.2 Å². The Morgan fingerprint density at radius 2 is 2.17 bits per heavy atom. The SMILES string of the molecule is CC1CCC(NC(=O)c2cccc(Cl)n2)C(C)C1. The van der Waals surface area contributed by atoms with Crippen LogP contribution in [0.3, 0.4) is 0 Å². The second-order valence-corrected chi connectivity index (χ2v) is 5.71. The first-order valence-corrected chi connectivity index (χ1v) is 6.87. The highest BCUT2D eigenvalue weighted by Gasteiger charge is 2.26. The van der Waals surface area contributed by atoms with Crippen molar-refractivity contribution in [1.29, 1.82) is 0 Å². The van der Waals surface area contributed by atoms with E-state index >= 15 is 0 Å². The maximum Gasteiger partial charge on any atom is 0.270 e. The van der Waals surface area contributed by atoms with Crippen molar-refractivity contribution in [2.45, 2.75) is 39.2 Å². The lowest BCUT2D eigenvalue weighted by atomic mass is 9.80. The summed E-state index contributed by atoms with van der Waals surface area (Å²) < 4.78 is 0. The summed E-state index contributed by atoms with van der Waals surface area (Å²) >= 11 is 5.79. The average Bonchev–Trinajstić information content (AvgIpc) is 2.32. The van der Waals surface area contributed by atoms with Crippen LogP contribution in [0.4, 0.5) is 0 Å². The van der Waals surface area contributed by atoms with Gasteiger partial charge in [0, 0.05) is 6.04 Å². The Bertz CT molecular complexity index is 436. The Hall–Kier alpha value is -1.09. The number of hydrogen-bond acceptors (Lipinski definition) is 2. The van der Waals surface area contributed by atoms with Gasteiger partial charge in [-0.15, -0.1) is 0 Å². The number of nitrogens with one attached hydrogen (secondary N) is 1. The van der Waals surface area contributed by atoms with Crippen molar-refractivity contribution in [1.82, 2.24) is 10.3 Å². The van der Waals surface area contributed by atoms with E-state index in [1.165, 1.54) is 12.8 Å². The molecule has 18 heavy (non-hydrogen) atoms. The van der Waals surface area contributed by atoms with Gasteiger partial charge < -0.3 is 5.32 Å². The zero-order valence-corrected chi connectivity index (χ0v) is 11.6. The molecule has 0 saturated heterocycles. The molecule has 1 saturated carbocycles. The normalized spacial score (nSPS) is 27.8. The van der Waals surface area contributed by atoms with E-state index in [0.717, 1.165) is 12.3 Å². The van der Waals surface area contributed by atoms with Crippen molar-refractivity contribution >= 4 is 17.5 Å². The molecule has 2 rings (SSSR count). The van der Waals surface area contributed by atoms with Crippen LogP contribution in [0, 0.1) is 11.8 Å². The lowest BCUT2D eigenvalue weighted by Crippen LogP contribution is -2.42. The summed E-state index contributed by atoms with van der Waals surface area (Å²) in [4.78, 5) is 16.1. The number of pyridine rings is 1. The van der Waals surface area contributed by atoms with Gasteiger partial charge in [-0.2, -0.15) is 0 Å². The Morgan fingerprint density at radius 1 is 1.39 bits per heavy atom. The molecule has 0 radical (unpaired) electrons. The van der Waals surface area contributed by atoms with Gasteiger partial charge in [-0.3, -0.25) is 4.79 Å². The Kier molecular flexibility index (Phi) is 4.23. The maximum atomic E-state index is 12.1. The Morgan fingerprint density at radius 3 is 2.83 bits per heavy atom. The monoisotopic (exact) mass is 266 g/mol. The third kappa shape index (κ3) is 3.22. The van der Waals surface area contributed by atoms with Gasteiger partial charge in [0.05, 0.1) is 0 Å². The fourth-order valence-electron chi connectivity index (χ4n) is 2.66. The van der Waals surface area contributed by atoms with Crippen LogP contribution in [0.25, 0.3) is 0 Å². The molecule has 4 heteroatoms. The summed E-state index contributed by atoms with van der Waals surface area (Å²) in [7, 11) is 0. The van der Waals surface area contributed by atoms with E-state index < -0.39 is 0 Å². The van der Waals surface area contributed by atoms with Gasteiger partial charge in [0.25, 0.3) is 5.91 Å². The summed E-state index contributed by atoms with van der Waals surface area (Å²) in [5, 5.41) is 3.43. The first kappa shape index (κ1) is 13.3. The second-order valence-electron chi connectivity index (χ2n) is 5.32. The lowest BCUT2D eigenvalue weighted by Gasteiger charge is -2.33. The van der Waals surface area contributed by atoms with Crippen LogP contribution in [0.2, 0.25) is 5.15 Å². The van der Waals surface area contributed by atoms with Gasteiger partial charge >= 0.3 is 0 Å². The molecule has 1 amide bonds. The third-order valence-corrected chi connectivity index (χ3v) is 3.91. The molecule has 98 valence electrons. The fourth-order valence-corrected chi connectivity index (χ4v) is 2.82. The van der Waals surface area contributed by atoms with E-state index in [-0.39, 0.29) is 11.9 Å². The molecule has 1 aliphatic rings. The Balaban J connectivity index is 1.99. The summed E-state index contributed by atoms with van der Waals surface area (Å²) in [6.07, 6.45) is 3.40. The second kappa shape index (κ2) is 5.70. The van der Waals surface area contributed by atoms with Crippen LogP contribution >= 0.6 is 11.6 Å².